The van der Waals surface area contributed by atoms with Crippen LogP contribution in [0.2, 0.25) is 0 Å². The summed E-state index contributed by atoms with van der Waals surface area (Å²) in [5, 5.41) is 9.80. The lowest BCUT2D eigenvalue weighted by molar-refractivity contribution is 0.681. The van der Waals surface area contributed by atoms with Crippen LogP contribution >= 0.6 is 15.9 Å². The molecule has 2 heteroatoms. The van der Waals surface area contributed by atoms with Crippen molar-refractivity contribution in [2.45, 2.75) is 24.6 Å². The quantitative estimate of drug-likeness (QED) is 0.724. The van der Waals surface area contributed by atoms with Crippen LogP contribution in [0.5, 0.6) is 0 Å². The largest absolute Gasteiger partial charge is 0.197 e. The first kappa shape index (κ1) is 10.3. The minimum Gasteiger partial charge on any atom is -0.197 e. The van der Waals surface area contributed by atoms with Crippen LogP contribution in [0, 0.1) is 11.3 Å². The highest BCUT2D eigenvalue weighted by atomic mass is 79.9. The molecule has 0 aliphatic rings. The zero-order valence-electron chi connectivity index (χ0n) is 7.84. The van der Waals surface area contributed by atoms with Gasteiger partial charge in [0.2, 0.25) is 0 Å². The molecule has 0 unspecified atom stereocenters. The number of hydrogen-bond donors (Lipinski definition) is 0. The predicted octanol–water partition coefficient (Wildman–Crippen LogP) is 3.38. The Morgan fingerprint density at radius 1 is 1.38 bits per heavy atom. The topological polar surface area (TPSA) is 23.8 Å². The van der Waals surface area contributed by atoms with Gasteiger partial charge in [-0.25, -0.2) is 0 Å². The zero-order chi connectivity index (χ0) is 9.90. The number of nitrogens with zero attached hydrogens (tertiary/aromatic N) is 1. The van der Waals surface area contributed by atoms with Crippen LogP contribution in [0.1, 0.15) is 25.0 Å². The van der Waals surface area contributed by atoms with Crippen molar-refractivity contribution in [1.82, 2.24) is 0 Å². The van der Waals surface area contributed by atoms with Gasteiger partial charge >= 0.3 is 0 Å². The molecular formula is C11H12BrN. The van der Waals surface area contributed by atoms with Crippen LogP contribution in [-0.4, -0.2) is 0 Å². The smallest absolute Gasteiger partial charge is 0.0769 e. The second-order valence-corrected chi connectivity index (χ2v) is 4.09. The highest BCUT2D eigenvalue weighted by Crippen LogP contribution is 2.26. The van der Waals surface area contributed by atoms with Gasteiger partial charge in [0.05, 0.1) is 11.5 Å². The Morgan fingerprint density at radius 3 is 2.54 bits per heavy atom. The summed E-state index contributed by atoms with van der Waals surface area (Å²) in [7, 11) is 0. The molecule has 0 atom stereocenters. The van der Waals surface area contributed by atoms with Crippen molar-refractivity contribution in [1.29, 1.82) is 5.26 Å². The lowest BCUT2D eigenvalue weighted by atomic mass is 9.84. The van der Waals surface area contributed by atoms with Crippen molar-refractivity contribution < 1.29 is 0 Å². The molecule has 0 fully saturated rings. The maximum absolute atomic E-state index is 9.00. The molecule has 1 rings (SSSR count). The lowest BCUT2D eigenvalue weighted by Crippen LogP contribution is -2.15. The summed E-state index contributed by atoms with van der Waals surface area (Å²) in [5.41, 5.74) is 1.90. The standard InChI is InChI=1S/C11H12BrN/c1-11(2,8-13)10-6-4-3-5-9(10)7-12/h3-6H,7H2,1-2H3. The predicted molar refractivity (Wildman–Crippen MR) is 57.7 cm³/mol. The molecular weight excluding hydrogens is 226 g/mol. The van der Waals surface area contributed by atoms with Gasteiger partial charge < -0.3 is 0 Å². The number of nitriles is 1. The van der Waals surface area contributed by atoms with Gasteiger partial charge in [0.15, 0.2) is 0 Å². The van der Waals surface area contributed by atoms with Crippen LogP contribution in [0.25, 0.3) is 0 Å². The molecule has 0 heterocycles. The van der Waals surface area contributed by atoms with Gasteiger partial charge in [-0.05, 0) is 25.0 Å². The number of hydrogen-bond acceptors (Lipinski definition) is 1. The molecule has 0 spiro atoms. The van der Waals surface area contributed by atoms with E-state index in [-0.39, 0.29) is 0 Å². The first-order valence-electron chi connectivity index (χ1n) is 4.17. The fraction of sp³-hybridized carbons (Fsp3) is 0.364. The van der Waals surface area contributed by atoms with Crippen molar-refractivity contribution >= 4 is 15.9 Å². The molecule has 0 aliphatic carbocycles. The molecule has 68 valence electrons. The van der Waals surface area contributed by atoms with Gasteiger partial charge in [0.25, 0.3) is 0 Å². The monoisotopic (exact) mass is 237 g/mol. The third-order valence-electron chi connectivity index (χ3n) is 2.11. The van der Waals surface area contributed by atoms with E-state index in [1.807, 2.05) is 38.1 Å². The zero-order valence-corrected chi connectivity index (χ0v) is 9.43. The average molecular weight is 238 g/mol. The van der Waals surface area contributed by atoms with Gasteiger partial charge in [-0.2, -0.15) is 5.26 Å². The molecule has 0 radical (unpaired) electrons. The molecule has 1 aromatic carbocycles. The summed E-state index contributed by atoms with van der Waals surface area (Å²) in [4.78, 5) is 0. The third kappa shape index (κ3) is 2.10. The van der Waals surface area contributed by atoms with Crippen molar-refractivity contribution in [2.75, 3.05) is 0 Å². The molecule has 1 nitrogen and oxygen atoms in total. The Balaban J connectivity index is 3.22. The van der Waals surface area contributed by atoms with E-state index in [9.17, 15) is 0 Å². The van der Waals surface area contributed by atoms with E-state index in [2.05, 4.69) is 22.0 Å². The lowest BCUT2D eigenvalue weighted by Gasteiger charge is -2.18. The summed E-state index contributed by atoms with van der Waals surface area (Å²) in [6.07, 6.45) is 0. The minimum atomic E-state index is -0.398. The van der Waals surface area contributed by atoms with Crippen LogP contribution in [0.4, 0.5) is 0 Å². The van der Waals surface area contributed by atoms with E-state index in [1.165, 1.54) is 5.56 Å². The third-order valence-corrected chi connectivity index (χ3v) is 2.72. The summed E-state index contributed by atoms with van der Waals surface area (Å²) in [6.45, 7) is 3.88. The normalized spacial score (nSPS) is 10.9. The minimum absolute atomic E-state index is 0.398. The summed E-state index contributed by atoms with van der Waals surface area (Å²) in [5.74, 6) is 0. The van der Waals surface area contributed by atoms with Crippen LogP contribution in [0.3, 0.4) is 0 Å². The highest BCUT2D eigenvalue weighted by molar-refractivity contribution is 9.08. The molecule has 0 N–H and O–H groups in total. The Bertz CT molecular complexity index is 336. The van der Waals surface area contributed by atoms with E-state index in [0.29, 0.717) is 0 Å². The van der Waals surface area contributed by atoms with E-state index >= 15 is 0 Å². The van der Waals surface area contributed by atoms with Gasteiger partial charge in [-0.3, -0.25) is 0 Å². The first-order valence-corrected chi connectivity index (χ1v) is 5.29. The van der Waals surface area contributed by atoms with Crippen molar-refractivity contribution in [3.05, 3.63) is 35.4 Å². The van der Waals surface area contributed by atoms with E-state index in [4.69, 9.17) is 5.26 Å². The second-order valence-electron chi connectivity index (χ2n) is 3.53. The number of halogens is 1. The molecule has 1 aromatic rings. The van der Waals surface area contributed by atoms with Crippen molar-refractivity contribution in [2.24, 2.45) is 0 Å². The maximum Gasteiger partial charge on any atom is 0.0769 e. The highest BCUT2D eigenvalue weighted by Gasteiger charge is 2.21. The summed E-state index contributed by atoms with van der Waals surface area (Å²) < 4.78 is 0. The van der Waals surface area contributed by atoms with Gasteiger partial charge in [-0.15, -0.1) is 0 Å². The number of rotatable bonds is 2. The van der Waals surface area contributed by atoms with Crippen LogP contribution in [-0.2, 0) is 10.7 Å². The maximum atomic E-state index is 9.00. The van der Waals surface area contributed by atoms with E-state index in [1.54, 1.807) is 0 Å². The SMILES string of the molecule is CC(C)(C#N)c1ccccc1CBr. The Hall–Kier alpha value is -0.810. The second kappa shape index (κ2) is 3.93. The Kier molecular flexibility index (Phi) is 3.11. The average Bonchev–Trinajstić information content (AvgIpc) is 2.18. The van der Waals surface area contributed by atoms with Crippen molar-refractivity contribution in [3.8, 4) is 6.07 Å². The fourth-order valence-corrected chi connectivity index (χ4v) is 1.80. The van der Waals surface area contributed by atoms with E-state index in [0.717, 1.165) is 10.9 Å². The van der Waals surface area contributed by atoms with Gasteiger partial charge in [0.1, 0.15) is 0 Å². The summed E-state index contributed by atoms with van der Waals surface area (Å²) >= 11 is 3.42. The molecule has 0 amide bonds. The molecule has 0 aliphatic heterocycles. The number of benzene rings is 1. The van der Waals surface area contributed by atoms with Gasteiger partial charge in [-0.1, -0.05) is 40.2 Å². The Morgan fingerprint density at radius 2 is 2.00 bits per heavy atom. The molecule has 0 saturated heterocycles. The number of alkyl halides is 1. The molecule has 13 heavy (non-hydrogen) atoms. The van der Waals surface area contributed by atoms with Gasteiger partial charge in [0, 0.05) is 5.33 Å². The molecule has 0 saturated carbocycles. The van der Waals surface area contributed by atoms with Crippen LogP contribution in [0.15, 0.2) is 24.3 Å². The molecule has 0 aromatic heterocycles. The molecule has 0 bridgehead atoms. The summed E-state index contributed by atoms with van der Waals surface area (Å²) in [6, 6.07) is 10.3. The van der Waals surface area contributed by atoms with Crippen molar-refractivity contribution in [3.63, 3.8) is 0 Å². The Labute approximate surface area is 87.5 Å². The fourth-order valence-electron chi connectivity index (χ4n) is 1.31. The van der Waals surface area contributed by atoms with E-state index < -0.39 is 5.41 Å². The van der Waals surface area contributed by atoms with Crippen LogP contribution < -0.4 is 0 Å². The first-order chi connectivity index (χ1) is 6.11.